The number of amides is 2. The lowest BCUT2D eigenvalue weighted by Crippen LogP contribution is -2.38. The molecule has 1 aromatic heterocycles. The molecule has 0 bridgehead atoms. The molecule has 0 saturated heterocycles. The molecule has 1 N–H and O–H groups in total. The number of nitrogens with zero attached hydrogens (tertiary/aromatic N) is 3. The molecular weight excluding hydrogens is 400 g/mol. The first-order chi connectivity index (χ1) is 15.1. The van der Waals surface area contributed by atoms with Crippen molar-refractivity contribution in [3.05, 3.63) is 77.0 Å². The maximum atomic E-state index is 12.9. The molecule has 0 spiro atoms. The van der Waals surface area contributed by atoms with Crippen molar-refractivity contribution < 1.29 is 9.59 Å². The van der Waals surface area contributed by atoms with Crippen LogP contribution in [-0.4, -0.2) is 39.6 Å². The molecule has 2 amide bonds. The van der Waals surface area contributed by atoms with Crippen LogP contribution in [0, 0.1) is 13.8 Å². The van der Waals surface area contributed by atoms with Gasteiger partial charge in [-0.2, -0.15) is 5.10 Å². The van der Waals surface area contributed by atoms with Crippen molar-refractivity contribution in [3.8, 4) is 5.69 Å². The Morgan fingerprint density at radius 3 is 2.06 bits per heavy atom. The van der Waals surface area contributed by atoms with Gasteiger partial charge in [0.2, 0.25) is 5.91 Å². The van der Waals surface area contributed by atoms with Gasteiger partial charge in [-0.3, -0.25) is 9.59 Å². The lowest BCUT2D eigenvalue weighted by molar-refractivity contribution is -0.116. The maximum Gasteiger partial charge on any atom is 0.254 e. The second-order valence-corrected chi connectivity index (χ2v) is 9.15. The van der Waals surface area contributed by atoms with Crippen molar-refractivity contribution in [3.63, 3.8) is 0 Å². The zero-order chi connectivity index (χ0) is 23.5. The maximum absolute atomic E-state index is 12.9. The number of anilines is 1. The first kappa shape index (κ1) is 23.3. The summed E-state index contributed by atoms with van der Waals surface area (Å²) < 4.78 is 1.75. The molecule has 2 aromatic carbocycles. The van der Waals surface area contributed by atoms with Crippen molar-refractivity contribution in [2.75, 3.05) is 18.4 Å². The number of aromatic nitrogens is 2. The van der Waals surface area contributed by atoms with Gasteiger partial charge in [0.15, 0.2) is 0 Å². The van der Waals surface area contributed by atoms with E-state index in [0.717, 1.165) is 22.5 Å². The molecule has 0 radical (unpaired) electrons. The monoisotopic (exact) mass is 432 g/mol. The van der Waals surface area contributed by atoms with E-state index in [9.17, 15) is 9.59 Å². The number of carbonyl (C=O) groups is 2. The molecule has 0 fully saturated rings. The van der Waals surface area contributed by atoms with Crippen LogP contribution in [0.4, 0.5) is 5.82 Å². The lowest BCUT2D eigenvalue weighted by atomic mass is 9.92. The van der Waals surface area contributed by atoms with Gasteiger partial charge in [0, 0.05) is 23.6 Å². The molecule has 32 heavy (non-hydrogen) atoms. The Hall–Kier alpha value is -3.41. The van der Waals surface area contributed by atoms with Gasteiger partial charge in [-0.25, -0.2) is 4.68 Å². The SMILES string of the molecule is CCN(CC(=O)Nc1cc(C(C)(C)C)nn1-c1ccc(C)cc1)C(=O)c1ccc(C)cc1. The van der Waals surface area contributed by atoms with Crippen LogP contribution in [-0.2, 0) is 10.2 Å². The number of carbonyl (C=O) groups excluding carboxylic acids is 2. The standard InChI is InChI=1S/C26H32N4O2/c1-7-29(25(32)20-12-8-18(2)9-13-20)17-24(31)27-23-16-22(26(4,5)6)28-30(23)21-14-10-19(3)11-15-21/h8-16H,7,17H2,1-6H3,(H,27,31). The third-order valence-corrected chi connectivity index (χ3v) is 5.33. The van der Waals surface area contributed by atoms with Gasteiger partial charge in [-0.15, -0.1) is 0 Å². The third kappa shape index (κ3) is 5.44. The molecule has 168 valence electrons. The molecule has 3 aromatic rings. The highest BCUT2D eigenvalue weighted by atomic mass is 16.2. The molecule has 6 nitrogen and oxygen atoms in total. The van der Waals surface area contributed by atoms with E-state index in [1.807, 2.05) is 63.2 Å². The first-order valence-electron chi connectivity index (χ1n) is 10.9. The first-order valence-corrected chi connectivity index (χ1v) is 10.9. The van der Waals surface area contributed by atoms with E-state index >= 15 is 0 Å². The normalized spacial score (nSPS) is 11.3. The highest BCUT2D eigenvalue weighted by Crippen LogP contribution is 2.26. The summed E-state index contributed by atoms with van der Waals surface area (Å²) in [7, 11) is 0. The Bertz CT molecular complexity index is 1090. The second-order valence-electron chi connectivity index (χ2n) is 9.15. The summed E-state index contributed by atoms with van der Waals surface area (Å²) >= 11 is 0. The van der Waals surface area contributed by atoms with Crippen molar-refractivity contribution in [2.45, 2.75) is 47.0 Å². The summed E-state index contributed by atoms with van der Waals surface area (Å²) in [6.45, 7) is 12.5. The smallest absolute Gasteiger partial charge is 0.254 e. The quantitative estimate of drug-likeness (QED) is 0.603. The number of rotatable bonds is 6. The van der Waals surface area contributed by atoms with E-state index in [1.54, 1.807) is 16.8 Å². The summed E-state index contributed by atoms with van der Waals surface area (Å²) in [6, 6.07) is 17.3. The molecule has 0 aliphatic heterocycles. The van der Waals surface area contributed by atoms with E-state index in [2.05, 4.69) is 26.1 Å². The fourth-order valence-corrected chi connectivity index (χ4v) is 3.28. The Morgan fingerprint density at radius 1 is 0.969 bits per heavy atom. The Balaban J connectivity index is 1.82. The minimum atomic E-state index is -0.263. The molecule has 3 rings (SSSR count). The predicted molar refractivity (Wildman–Crippen MR) is 128 cm³/mol. The van der Waals surface area contributed by atoms with Crippen LogP contribution in [0.1, 0.15) is 54.9 Å². The number of hydrogen-bond acceptors (Lipinski definition) is 3. The summed E-state index contributed by atoms with van der Waals surface area (Å²) in [5, 5.41) is 7.71. The van der Waals surface area contributed by atoms with Crippen molar-refractivity contribution in [1.29, 1.82) is 0 Å². The highest BCUT2D eigenvalue weighted by Gasteiger charge is 2.23. The lowest BCUT2D eigenvalue weighted by Gasteiger charge is -2.20. The number of hydrogen-bond donors (Lipinski definition) is 1. The largest absolute Gasteiger partial charge is 0.330 e. The zero-order valence-corrected chi connectivity index (χ0v) is 19.8. The van der Waals surface area contributed by atoms with E-state index in [0.29, 0.717) is 17.9 Å². The fourth-order valence-electron chi connectivity index (χ4n) is 3.28. The minimum absolute atomic E-state index is 0.0346. The van der Waals surface area contributed by atoms with E-state index < -0.39 is 0 Å². The number of aryl methyl sites for hydroxylation is 2. The molecular formula is C26H32N4O2. The summed E-state index contributed by atoms with van der Waals surface area (Å²) in [6.07, 6.45) is 0. The van der Waals surface area contributed by atoms with Gasteiger partial charge in [0.1, 0.15) is 12.4 Å². The van der Waals surface area contributed by atoms with Crippen LogP contribution >= 0.6 is 0 Å². The van der Waals surface area contributed by atoms with Crippen LogP contribution < -0.4 is 5.32 Å². The Labute approximate surface area is 190 Å². The second kappa shape index (κ2) is 9.39. The number of benzene rings is 2. The predicted octanol–water partition coefficient (Wildman–Crippen LogP) is 4.89. The zero-order valence-electron chi connectivity index (χ0n) is 19.8. The third-order valence-electron chi connectivity index (χ3n) is 5.33. The highest BCUT2D eigenvalue weighted by molar-refractivity contribution is 5.99. The van der Waals surface area contributed by atoms with Gasteiger partial charge in [-0.1, -0.05) is 56.2 Å². The molecule has 6 heteroatoms. The summed E-state index contributed by atoms with van der Waals surface area (Å²) in [4.78, 5) is 27.3. The van der Waals surface area contributed by atoms with Gasteiger partial charge in [-0.05, 0) is 45.0 Å². The molecule has 0 aliphatic rings. The van der Waals surface area contributed by atoms with E-state index in [1.165, 1.54) is 4.90 Å². The summed E-state index contributed by atoms with van der Waals surface area (Å²) in [5.74, 6) is 0.161. The van der Waals surface area contributed by atoms with Crippen molar-refractivity contribution in [1.82, 2.24) is 14.7 Å². The minimum Gasteiger partial charge on any atom is -0.330 e. The van der Waals surface area contributed by atoms with E-state index in [4.69, 9.17) is 5.10 Å². The molecule has 0 atom stereocenters. The Morgan fingerprint density at radius 2 is 1.53 bits per heavy atom. The van der Waals surface area contributed by atoms with Crippen LogP contribution in [0.15, 0.2) is 54.6 Å². The molecule has 1 heterocycles. The van der Waals surface area contributed by atoms with Gasteiger partial charge < -0.3 is 10.2 Å². The average Bonchev–Trinajstić information content (AvgIpc) is 3.17. The number of nitrogens with one attached hydrogen (secondary N) is 1. The van der Waals surface area contributed by atoms with Crippen LogP contribution in [0.2, 0.25) is 0 Å². The molecule has 0 unspecified atom stereocenters. The molecule has 0 aliphatic carbocycles. The van der Waals surface area contributed by atoms with Gasteiger partial charge in [0.25, 0.3) is 5.91 Å². The molecule has 0 saturated carbocycles. The summed E-state index contributed by atoms with van der Waals surface area (Å²) in [5.41, 5.74) is 4.37. The van der Waals surface area contributed by atoms with Crippen LogP contribution in [0.3, 0.4) is 0 Å². The Kier molecular flexibility index (Phi) is 6.82. The van der Waals surface area contributed by atoms with Crippen molar-refractivity contribution in [2.24, 2.45) is 0 Å². The topological polar surface area (TPSA) is 67.2 Å². The fraction of sp³-hybridized carbons (Fsp3) is 0.346. The van der Waals surface area contributed by atoms with Crippen LogP contribution in [0.25, 0.3) is 5.69 Å². The van der Waals surface area contributed by atoms with Gasteiger partial charge >= 0.3 is 0 Å². The van der Waals surface area contributed by atoms with E-state index in [-0.39, 0.29) is 23.8 Å². The van der Waals surface area contributed by atoms with Crippen molar-refractivity contribution >= 4 is 17.6 Å². The van der Waals surface area contributed by atoms with Gasteiger partial charge in [0.05, 0.1) is 11.4 Å². The number of likely N-dealkylation sites (N-methyl/N-ethyl adjacent to an activating group) is 1. The average molecular weight is 433 g/mol. The van der Waals surface area contributed by atoms with Crippen LogP contribution in [0.5, 0.6) is 0 Å².